The molecular formula is C88H174. The number of hydrogen-bond donors (Lipinski definition) is 0. The monoisotopic (exact) mass is 1230 g/mol. The van der Waals surface area contributed by atoms with Crippen LogP contribution in [0.5, 0.6) is 0 Å². The average Bonchev–Trinajstić information content (AvgIpc) is 3.54. The van der Waals surface area contributed by atoms with Crippen molar-refractivity contribution < 1.29 is 0 Å². The first-order valence-corrected chi connectivity index (χ1v) is 41.5. The third kappa shape index (κ3) is 115. The molecule has 0 spiro atoms. The largest absolute Gasteiger partial charge is 0.0885 e. The molecule has 0 N–H and O–H groups in total. The van der Waals surface area contributed by atoms with Gasteiger partial charge in [-0.25, -0.2) is 0 Å². The summed E-state index contributed by atoms with van der Waals surface area (Å²) in [4.78, 5) is 0. The van der Waals surface area contributed by atoms with Crippen molar-refractivity contribution in [1.82, 2.24) is 0 Å². The van der Waals surface area contributed by atoms with Crippen LogP contribution in [-0.4, -0.2) is 0 Å². The van der Waals surface area contributed by atoms with E-state index in [1.54, 1.807) is 0 Å². The lowest BCUT2D eigenvalue weighted by Crippen LogP contribution is -1.83. The first-order valence-electron chi connectivity index (χ1n) is 41.5. The van der Waals surface area contributed by atoms with Gasteiger partial charge in [-0.3, -0.25) is 0 Å². The van der Waals surface area contributed by atoms with E-state index >= 15 is 0 Å². The third-order valence-corrected chi connectivity index (χ3v) is 17.3. The van der Waals surface area contributed by atoms with Crippen molar-refractivity contribution in [2.45, 2.75) is 493 Å². The molecule has 0 atom stereocenters. The van der Waals surface area contributed by atoms with Gasteiger partial charge in [0.1, 0.15) is 0 Å². The van der Waals surface area contributed by atoms with Gasteiger partial charge in [-0.15, -0.1) is 0 Å². The van der Waals surface area contributed by atoms with E-state index in [0.29, 0.717) is 0 Å². The summed E-state index contributed by atoms with van der Waals surface area (Å²) in [5.41, 5.74) is 0. The SMILES string of the molecule is CC/C=C\C/C=C\C/C=C\CCCCCCCC.CCCCC/C=C\C/C=C\CCCCCCCC.CCCCCCCC/C=C\CCCCCCCC.CCCCCCCCCCCCCCCC.CCCCCCCCCCCCCCCCCC. The van der Waals surface area contributed by atoms with Crippen LogP contribution in [0.15, 0.2) is 72.9 Å². The molecule has 0 saturated carbocycles. The van der Waals surface area contributed by atoms with Crippen LogP contribution >= 0.6 is 0 Å². The summed E-state index contributed by atoms with van der Waals surface area (Å²) in [6, 6.07) is 0. The van der Waals surface area contributed by atoms with Crippen LogP contribution < -0.4 is 0 Å². The molecule has 0 aliphatic carbocycles. The highest BCUT2D eigenvalue weighted by Crippen LogP contribution is 2.16. The second kappa shape index (κ2) is 104. The predicted molar refractivity (Wildman–Crippen MR) is 416 cm³/mol. The van der Waals surface area contributed by atoms with Crippen molar-refractivity contribution in [3.63, 3.8) is 0 Å². The fourth-order valence-electron chi connectivity index (χ4n) is 11.1. The molecule has 0 aromatic rings. The van der Waals surface area contributed by atoms with Crippen molar-refractivity contribution in [3.8, 4) is 0 Å². The molecule has 0 fully saturated rings. The lowest BCUT2D eigenvalue weighted by molar-refractivity contribution is 0.531. The lowest BCUT2D eigenvalue weighted by atomic mass is 10.0. The van der Waals surface area contributed by atoms with Crippen molar-refractivity contribution >= 4 is 0 Å². The van der Waals surface area contributed by atoms with E-state index in [-0.39, 0.29) is 0 Å². The first-order chi connectivity index (χ1) is 43.6. The molecule has 0 heteroatoms. The minimum atomic E-state index is 1.08. The Kier molecular flexibility index (Phi) is 113. The number of allylic oxidation sites excluding steroid dienone is 12. The van der Waals surface area contributed by atoms with E-state index in [1.807, 2.05) is 0 Å². The second-order valence-electron chi connectivity index (χ2n) is 26.9. The number of unbranched alkanes of at least 4 members (excludes halogenated alkanes) is 55. The third-order valence-electron chi connectivity index (χ3n) is 17.3. The van der Waals surface area contributed by atoms with E-state index in [2.05, 4.69) is 142 Å². The molecule has 0 aromatic heterocycles. The predicted octanol–water partition coefficient (Wildman–Crippen LogP) is 34.2. The van der Waals surface area contributed by atoms with E-state index in [1.165, 1.54) is 398 Å². The van der Waals surface area contributed by atoms with Gasteiger partial charge in [0, 0.05) is 0 Å². The van der Waals surface area contributed by atoms with Crippen LogP contribution in [0.3, 0.4) is 0 Å². The molecule has 0 rings (SSSR count). The van der Waals surface area contributed by atoms with E-state index in [9.17, 15) is 0 Å². The highest BCUT2D eigenvalue weighted by atomic mass is 14.0. The van der Waals surface area contributed by atoms with E-state index < -0.39 is 0 Å². The van der Waals surface area contributed by atoms with Gasteiger partial charge < -0.3 is 0 Å². The Balaban J connectivity index is -0.000000326. The number of hydrogen-bond acceptors (Lipinski definition) is 0. The Morgan fingerprint density at radius 1 is 0.114 bits per heavy atom. The van der Waals surface area contributed by atoms with Crippen molar-refractivity contribution in [2.24, 2.45) is 0 Å². The Labute approximate surface area is 562 Å². The molecule has 0 saturated heterocycles. The molecule has 0 aliphatic rings. The second-order valence-corrected chi connectivity index (χ2v) is 26.9. The van der Waals surface area contributed by atoms with Crippen LogP contribution in [0.2, 0.25) is 0 Å². The highest BCUT2D eigenvalue weighted by Gasteiger charge is 1.97. The van der Waals surface area contributed by atoms with Gasteiger partial charge >= 0.3 is 0 Å². The molecular weight excluding hydrogens is 1060 g/mol. The Morgan fingerprint density at radius 3 is 0.398 bits per heavy atom. The van der Waals surface area contributed by atoms with Gasteiger partial charge in [-0.1, -0.05) is 476 Å². The standard InChI is InChI=1S/C18H38.C18H36.C18H34.C18H32.C16H34/c4*1-3-5-7-9-11-13-15-17-18-16-14-12-10-8-6-4-2;1-3-5-7-9-11-13-15-16-14-12-10-8-6-4-2/h3-18H2,1-2H3;17-18H,3-16H2,1-2H3;11,13,17-18H,3-10,12,14-16H2,1-2H3;5,7,11,13,17-18H,3-4,6,8-10,12,14-16H2,1-2H3;3-16H2,1-2H3/b;18-17-;13-11-,18-17-;7-5-,13-11-,18-17-;. The zero-order valence-corrected chi connectivity index (χ0v) is 63.6. The fourth-order valence-corrected chi connectivity index (χ4v) is 11.1. The van der Waals surface area contributed by atoms with Crippen molar-refractivity contribution in [1.29, 1.82) is 0 Å². The summed E-state index contributed by atoms with van der Waals surface area (Å²) < 4.78 is 0. The molecule has 0 radical (unpaired) electrons. The van der Waals surface area contributed by atoms with Crippen LogP contribution in [0, 0.1) is 0 Å². The first kappa shape index (κ1) is 95.1. The zero-order valence-electron chi connectivity index (χ0n) is 63.6. The maximum atomic E-state index is 2.41. The van der Waals surface area contributed by atoms with Gasteiger partial charge in [-0.05, 0) is 89.9 Å². The summed E-state index contributed by atoms with van der Waals surface area (Å²) in [6.45, 7) is 22.7. The maximum absolute atomic E-state index is 2.41. The molecule has 0 heterocycles. The van der Waals surface area contributed by atoms with Crippen LogP contribution in [0.4, 0.5) is 0 Å². The number of rotatable bonds is 67. The Morgan fingerprint density at radius 2 is 0.227 bits per heavy atom. The summed E-state index contributed by atoms with van der Waals surface area (Å²) in [5, 5.41) is 0. The molecule has 526 valence electrons. The molecule has 0 bridgehead atoms. The summed E-state index contributed by atoms with van der Waals surface area (Å²) in [5.74, 6) is 0. The topological polar surface area (TPSA) is 0 Å². The van der Waals surface area contributed by atoms with E-state index in [0.717, 1.165) is 25.7 Å². The molecule has 0 unspecified atom stereocenters. The minimum Gasteiger partial charge on any atom is -0.0885 e. The van der Waals surface area contributed by atoms with Gasteiger partial charge in [0.05, 0.1) is 0 Å². The highest BCUT2D eigenvalue weighted by molar-refractivity contribution is 4.97. The molecule has 88 heavy (non-hydrogen) atoms. The summed E-state index contributed by atoms with van der Waals surface area (Å²) in [6.07, 6.45) is 120. The maximum Gasteiger partial charge on any atom is -0.0169 e. The van der Waals surface area contributed by atoms with Crippen LogP contribution in [0.1, 0.15) is 493 Å². The normalized spacial score (nSPS) is 11.5. The smallest absolute Gasteiger partial charge is 0.0169 e. The van der Waals surface area contributed by atoms with E-state index in [4.69, 9.17) is 0 Å². The quantitative estimate of drug-likeness (QED) is 0.0421. The summed E-state index contributed by atoms with van der Waals surface area (Å²) in [7, 11) is 0. The lowest BCUT2D eigenvalue weighted by Gasteiger charge is -2.03. The average molecular weight is 1230 g/mol. The van der Waals surface area contributed by atoms with Crippen molar-refractivity contribution in [3.05, 3.63) is 72.9 Å². The van der Waals surface area contributed by atoms with Crippen molar-refractivity contribution in [2.75, 3.05) is 0 Å². The molecule has 0 amide bonds. The molecule has 0 aliphatic heterocycles. The van der Waals surface area contributed by atoms with Gasteiger partial charge in [0.2, 0.25) is 0 Å². The van der Waals surface area contributed by atoms with Crippen LogP contribution in [-0.2, 0) is 0 Å². The summed E-state index contributed by atoms with van der Waals surface area (Å²) >= 11 is 0. The van der Waals surface area contributed by atoms with Gasteiger partial charge in [-0.2, -0.15) is 0 Å². The zero-order chi connectivity index (χ0) is 65.2. The Hall–Kier alpha value is -1.56. The minimum absolute atomic E-state index is 1.08. The fraction of sp³-hybridized carbons (Fsp3) is 0.864. The molecule has 0 nitrogen and oxygen atoms in total. The van der Waals surface area contributed by atoms with Gasteiger partial charge in [0.25, 0.3) is 0 Å². The molecule has 0 aromatic carbocycles. The Bertz CT molecular complexity index is 1190. The van der Waals surface area contributed by atoms with Gasteiger partial charge in [0.15, 0.2) is 0 Å². The van der Waals surface area contributed by atoms with Crippen LogP contribution in [0.25, 0.3) is 0 Å².